The SMILES string of the molecule is O=C(OCc1ccccc1)C(C1CCNCC1)n1oc2ccccc2c1=O. The third-order valence-corrected chi connectivity index (χ3v) is 5.06. The van der Waals surface area contributed by atoms with Gasteiger partial charge < -0.3 is 14.6 Å². The van der Waals surface area contributed by atoms with Crippen molar-refractivity contribution in [1.82, 2.24) is 10.1 Å². The Morgan fingerprint density at radius 2 is 1.81 bits per heavy atom. The van der Waals surface area contributed by atoms with Crippen LogP contribution >= 0.6 is 0 Å². The van der Waals surface area contributed by atoms with Crippen molar-refractivity contribution < 1.29 is 14.1 Å². The van der Waals surface area contributed by atoms with Gasteiger partial charge in [0.2, 0.25) is 0 Å². The van der Waals surface area contributed by atoms with Gasteiger partial charge in [0.25, 0.3) is 5.56 Å². The zero-order valence-electron chi connectivity index (χ0n) is 15.0. The number of carbonyl (C=O) groups is 1. The van der Waals surface area contributed by atoms with E-state index in [1.54, 1.807) is 18.2 Å². The molecule has 0 spiro atoms. The summed E-state index contributed by atoms with van der Waals surface area (Å²) in [7, 11) is 0. The van der Waals surface area contributed by atoms with E-state index < -0.39 is 12.0 Å². The maximum atomic E-state index is 13.0. The molecule has 0 aliphatic carbocycles. The molecule has 1 atom stereocenters. The van der Waals surface area contributed by atoms with Crippen molar-refractivity contribution in [2.75, 3.05) is 13.1 Å². The van der Waals surface area contributed by atoms with Crippen LogP contribution in [0.15, 0.2) is 63.9 Å². The number of piperidine rings is 1. The number of hydrogen-bond acceptors (Lipinski definition) is 5. The molecule has 1 aromatic heterocycles. The molecular weight excluding hydrogens is 344 g/mol. The van der Waals surface area contributed by atoms with Gasteiger partial charge in [-0.3, -0.25) is 4.79 Å². The molecule has 3 aromatic rings. The van der Waals surface area contributed by atoms with Gasteiger partial charge in [0.05, 0.1) is 5.39 Å². The fourth-order valence-corrected chi connectivity index (χ4v) is 3.63. The van der Waals surface area contributed by atoms with Crippen molar-refractivity contribution in [3.8, 4) is 0 Å². The van der Waals surface area contributed by atoms with Gasteiger partial charge in [0, 0.05) is 0 Å². The second-order valence-corrected chi connectivity index (χ2v) is 6.84. The molecule has 1 fully saturated rings. The lowest BCUT2D eigenvalue weighted by molar-refractivity contribution is -0.153. The minimum absolute atomic E-state index is 0.00668. The molecule has 0 amide bonds. The molecule has 6 nitrogen and oxygen atoms in total. The first kappa shape index (κ1) is 17.5. The number of carbonyl (C=O) groups excluding carboxylic acids is 1. The highest BCUT2D eigenvalue weighted by Crippen LogP contribution is 2.28. The number of ether oxygens (including phenoxy) is 1. The molecule has 1 aliphatic heterocycles. The molecule has 4 rings (SSSR count). The van der Waals surface area contributed by atoms with E-state index in [0.717, 1.165) is 31.5 Å². The molecule has 0 radical (unpaired) electrons. The van der Waals surface area contributed by atoms with Crippen LogP contribution in [0.2, 0.25) is 0 Å². The van der Waals surface area contributed by atoms with Crippen LogP contribution in [-0.2, 0) is 16.1 Å². The number of para-hydroxylation sites is 1. The summed E-state index contributed by atoms with van der Waals surface area (Å²) < 4.78 is 12.6. The minimum atomic E-state index is -0.754. The fourth-order valence-electron chi connectivity index (χ4n) is 3.63. The third-order valence-electron chi connectivity index (χ3n) is 5.06. The Kier molecular flexibility index (Phi) is 5.07. The molecule has 0 saturated carbocycles. The number of esters is 1. The average Bonchev–Trinajstić information content (AvgIpc) is 3.05. The van der Waals surface area contributed by atoms with Crippen LogP contribution < -0.4 is 10.9 Å². The van der Waals surface area contributed by atoms with Gasteiger partial charge in [-0.25, -0.2) is 4.79 Å². The zero-order valence-corrected chi connectivity index (χ0v) is 15.0. The molecule has 2 aromatic carbocycles. The fraction of sp³-hybridized carbons (Fsp3) is 0.333. The van der Waals surface area contributed by atoms with Crippen LogP contribution in [0, 0.1) is 5.92 Å². The highest BCUT2D eigenvalue weighted by Gasteiger charge is 2.35. The summed E-state index contributed by atoms with van der Waals surface area (Å²) in [5.41, 5.74) is 1.11. The highest BCUT2D eigenvalue weighted by molar-refractivity contribution is 5.78. The number of fused-ring (bicyclic) bond motifs is 1. The molecule has 1 N–H and O–H groups in total. The van der Waals surface area contributed by atoms with Gasteiger partial charge in [-0.2, -0.15) is 4.74 Å². The summed E-state index contributed by atoms with van der Waals surface area (Å²) in [6.45, 7) is 1.79. The van der Waals surface area contributed by atoms with Gasteiger partial charge in [0.1, 0.15) is 6.61 Å². The third kappa shape index (κ3) is 3.66. The second-order valence-electron chi connectivity index (χ2n) is 6.84. The van der Waals surface area contributed by atoms with Crippen molar-refractivity contribution in [3.63, 3.8) is 0 Å². The monoisotopic (exact) mass is 366 g/mol. The largest absolute Gasteiger partial charge is 0.459 e. The number of aromatic nitrogens is 1. The molecule has 6 heteroatoms. The van der Waals surface area contributed by atoms with Crippen molar-refractivity contribution >= 4 is 16.9 Å². The summed E-state index contributed by atoms with van der Waals surface area (Å²) in [6, 6.07) is 15.8. The summed E-state index contributed by atoms with van der Waals surface area (Å²) in [4.78, 5) is 25.8. The number of benzene rings is 2. The van der Waals surface area contributed by atoms with Crippen LogP contribution in [0.4, 0.5) is 0 Å². The highest BCUT2D eigenvalue weighted by atomic mass is 16.5. The Balaban J connectivity index is 1.64. The Bertz CT molecular complexity index is 971. The molecule has 140 valence electrons. The molecule has 27 heavy (non-hydrogen) atoms. The van der Waals surface area contributed by atoms with Crippen molar-refractivity contribution in [3.05, 3.63) is 70.5 Å². The van der Waals surface area contributed by atoms with Crippen LogP contribution in [-0.4, -0.2) is 23.8 Å². The zero-order chi connectivity index (χ0) is 18.6. The summed E-state index contributed by atoms with van der Waals surface area (Å²) >= 11 is 0. The number of nitrogens with one attached hydrogen (secondary N) is 1. The Hall–Kier alpha value is -2.86. The molecule has 1 unspecified atom stereocenters. The smallest absolute Gasteiger partial charge is 0.333 e. The van der Waals surface area contributed by atoms with E-state index in [9.17, 15) is 9.59 Å². The summed E-state index contributed by atoms with van der Waals surface area (Å²) in [5, 5.41) is 3.77. The van der Waals surface area contributed by atoms with Gasteiger partial charge in [-0.1, -0.05) is 42.5 Å². The molecular formula is C21H22N2O4. The predicted molar refractivity (Wildman–Crippen MR) is 101 cm³/mol. The maximum absolute atomic E-state index is 13.0. The van der Waals surface area contributed by atoms with E-state index in [2.05, 4.69) is 5.32 Å². The van der Waals surface area contributed by atoms with Crippen LogP contribution in [0.1, 0.15) is 24.4 Å². The number of nitrogens with zero attached hydrogens (tertiary/aromatic N) is 1. The molecule has 1 aliphatic rings. The Labute approximate surface area is 156 Å². The van der Waals surface area contributed by atoms with Gasteiger partial charge >= 0.3 is 5.97 Å². The quantitative estimate of drug-likeness (QED) is 0.703. The van der Waals surface area contributed by atoms with Gasteiger partial charge in [0.15, 0.2) is 11.6 Å². The average molecular weight is 366 g/mol. The number of rotatable bonds is 5. The lowest BCUT2D eigenvalue weighted by Crippen LogP contribution is -2.39. The Morgan fingerprint density at radius 3 is 2.56 bits per heavy atom. The lowest BCUT2D eigenvalue weighted by Gasteiger charge is -2.28. The first-order valence-electron chi connectivity index (χ1n) is 9.26. The first-order valence-corrected chi connectivity index (χ1v) is 9.26. The molecule has 1 saturated heterocycles. The van der Waals surface area contributed by atoms with Crippen molar-refractivity contribution in [2.24, 2.45) is 5.92 Å². The van der Waals surface area contributed by atoms with E-state index in [1.165, 1.54) is 4.74 Å². The van der Waals surface area contributed by atoms with Crippen LogP contribution in [0.25, 0.3) is 11.0 Å². The van der Waals surface area contributed by atoms with E-state index in [1.807, 2.05) is 36.4 Å². The predicted octanol–water partition coefficient (Wildman–Crippen LogP) is 2.88. The molecule has 2 heterocycles. The lowest BCUT2D eigenvalue weighted by atomic mass is 9.90. The second kappa shape index (κ2) is 7.80. The summed E-state index contributed by atoms with van der Waals surface area (Å²) in [6.07, 6.45) is 1.57. The molecule has 0 bridgehead atoms. The normalized spacial score (nSPS) is 16.3. The Morgan fingerprint density at radius 1 is 1.11 bits per heavy atom. The first-order chi connectivity index (χ1) is 13.2. The summed E-state index contributed by atoms with van der Waals surface area (Å²) in [5.74, 6) is -0.431. The van der Waals surface area contributed by atoms with Gasteiger partial charge in [-0.15, -0.1) is 0 Å². The number of hydrogen-bond donors (Lipinski definition) is 1. The van der Waals surface area contributed by atoms with Gasteiger partial charge in [-0.05, 0) is 49.5 Å². The van der Waals surface area contributed by atoms with E-state index in [-0.39, 0.29) is 18.1 Å². The van der Waals surface area contributed by atoms with E-state index in [4.69, 9.17) is 9.26 Å². The van der Waals surface area contributed by atoms with Crippen LogP contribution in [0.3, 0.4) is 0 Å². The van der Waals surface area contributed by atoms with Crippen molar-refractivity contribution in [2.45, 2.75) is 25.5 Å². The van der Waals surface area contributed by atoms with Crippen molar-refractivity contribution in [1.29, 1.82) is 0 Å². The van der Waals surface area contributed by atoms with Crippen LogP contribution in [0.5, 0.6) is 0 Å². The standard InChI is InChI=1S/C21H22N2O4/c24-20-17-8-4-5-9-18(17)27-23(20)19(16-10-12-22-13-11-16)21(25)26-14-15-6-2-1-3-7-15/h1-9,16,19,22H,10-14H2. The topological polar surface area (TPSA) is 73.5 Å². The van der Waals surface area contributed by atoms with E-state index >= 15 is 0 Å². The maximum Gasteiger partial charge on any atom is 0.333 e. The minimum Gasteiger partial charge on any atom is -0.459 e. The van der Waals surface area contributed by atoms with E-state index in [0.29, 0.717) is 11.0 Å².